The van der Waals surface area contributed by atoms with E-state index in [0.29, 0.717) is 17.9 Å². The molecule has 0 fully saturated rings. The molecule has 0 bridgehead atoms. The van der Waals surface area contributed by atoms with Crippen molar-refractivity contribution in [3.63, 3.8) is 0 Å². The van der Waals surface area contributed by atoms with Crippen LogP contribution >= 0.6 is 11.3 Å². The number of thiazole rings is 1. The summed E-state index contributed by atoms with van der Waals surface area (Å²) >= 11 is 1.62. The topological polar surface area (TPSA) is 80.9 Å². The molecule has 2 heterocycles. The fourth-order valence-electron chi connectivity index (χ4n) is 1.77. The fraction of sp³-hybridized carbons (Fsp3) is 0.357. The van der Waals surface area contributed by atoms with Crippen LogP contribution in [0.4, 0.5) is 5.82 Å². The van der Waals surface area contributed by atoms with Gasteiger partial charge in [0.15, 0.2) is 0 Å². The van der Waals surface area contributed by atoms with Crippen LogP contribution in [0.2, 0.25) is 0 Å². The van der Waals surface area contributed by atoms with Gasteiger partial charge in [-0.2, -0.15) is 0 Å². The quantitative estimate of drug-likeness (QED) is 0.884. The monoisotopic (exact) mass is 290 g/mol. The van der Waals surface area contributed by atoms with Gasteiger partial charge in [0.2, 0.25) is 0 Å². The van der Waals surface area contributed by atoms with Crippen LogP contribution in [0.1, 0.15) is 39.8 Å². The minimum Gasteiger partial charge on any atom is -0.384 e. The van der Waals surface area contributed by atoms with Crippen molar-refractivity contribution in [2.75, 3.05) is 5.73 Å². The maximum absolute atomic E-state index is 12.1. The van der Waals surface area contributed by atoms with E-state index in [1.54, 1.807) is 23.5 Å². The Morgan fingerprint density at radius 3 is 2.80 bits per heavy atom. The molecule has 0 radical (unpaired) electrons. The zero-order chi connectivity index (χ0) is 14.5. The van der Waals surface area contributed by atoms with Crippen molar-refractivity contribution in [3.05, 3.63) is 39.5 Å². The summed E-state index contributed by atoms with van der Waals surface area (Å²) < 4.78 is 0. The third-order valence-electron chi connectivity index (χ3n) is 2.87. The van der Waals surface area contributed by atoms with Crippen LogP contribution in [0.3, 0.4) is 0 Å². The molecule has 20 heavy (non-hydrogen) atoms. The number of rotatable bonds is 5. The highest BCUT2D eigenvalue weighted by Gasteiger charge is 2.09. The van der Waals surface area contributed by atoms with Crippen molar-refractivity contribution in [1.29, 1.82) is 0 Å². The molecule has 3 N–H and O–H groups in total. The molecule has 6 heteroatoms. The molecule has 0 atom stereocenters. The Morgan fingerprint density at radius 1 is 1.35 bits per heavy atom. The predicted molar refractivity (Wildman–Crippen MR) is 80.7 cm³/mol. The SMILES string of the molecule is CCc1cc(C(=O)NCc2ncc(CC)s2)cc(N)n1. The first-order chi connectivity index (χ1) is 9.62. The molecule has 5 nitrogen and oxygen atoms in total. The van der Waals surface area contributed by atoms with E-state index in [0.717, 1.165) is 23.5 Å². The molecule has 0 aliphatic carbocycles. The number of hydrogen-bond donors (Lipinski definition) is 2. The second kappa shape index (κ2) is 6.47. The molecule has 0 aliphatic heterocycles. The summed E-state index contributed by atoms with van der Waals surface area (Å²) in [4.78, 5) is 21.7. The van der Waals surface area contributed by atoms with Crippen molar-refractivity contribution < 1.29 is 4.79 Å². The van der Waals surface area contributed by atoms with Gasteiger partial charge in [-0.1, -0.05) is 13.8 Å². The van der Waals surface area contributed by atoms with Crippen molar-refractivity contribution in [1.82, 2.24) is 15.3 Å². The van der Waals surface area contributed by atoms with E-state index < -0.39 is 0 Å². The third-order valence-corrected chi connectivity index (χ3v) is 4.01. The molecule has 0 aromatic carbocycles. The van der Waals surface area contributed by atoms with Crippen LogP contribution in [0.5, 0.6) is 0 Å². The number of nitrogens with two attached hydrogens (primary N) is 1. The van der Waals surface area contributed by atoms with Gasteiger partial charge < -0.3 is 11.1 Å². The second-order valence-electron chi connectivity index (χ2n) is 4.38. The number of pyridine rings is 1. The first-order valence-electron chi connectivity index (χ1n) is 6.60. The Labute approximate surface area is 122 Å². The summed E-state index contributed by atoms with van der Waals surface area (Å²) in [6, 6.07) is 3.36. The zero-order valence-corrected chi connectivity index (χ0v) is 12.5. The lowest BCUT2D eigenvalue weighted by atomic mass is 10.2. The van der Waals surface area contributed by atoms with E-state index in [1.807, 2.05) is 13.1 Å². The molecule has 1 amide bonds. The minimum absolute atomic E-state index is 0.151. The summed E-state index contributed by atoms with van der Waals surface area (Å²) in [6.45, 7) is 4.50. The first-order valence-corrected chi connectivity index (χ1v) is 7.42. The summed E-state index contributed by atoms with van der Waals surface area (Å²) in [5.74, 6) is 0.221. The molecule has 0 spiro atoms. The number of aryl methyl sites for hydroxylation is 2. The number of anilines is 1. The van der Waals surface area contributed by atoms with Crippen LogP contribution in [-0.2, 0) is 19.4 Å². The standard InChI is InChI=1S/C14H18N4OS/c1-3-10-5-9(6-12(15)18-10)14(19)17-8-13-16-7-11(4-2)20-13/h5-7H,3-4,8H2,1-2H3,(H2,15,18)(H,17,19). The summed E-state index contributed by atoms with van der Waals surface area (Å²) in [5, 5.41) is 3.77. The van der Waals surface area contributed by atoms with Gasteiger partial charge in [0, 0.05) is 22.3 Å². The Morgan fingerprint density at radius 2 is 2.15 bits per heavy atom. The van der Waals surface area contributed by atoms with Gasteiger partial charge in [0.1, 0.15) is 10.8 Å². The smallest absolute Gasteiger partial charge is 0.251 e. The third kappa shape index (κ3) is 3.54. The van der Waals surface area contributed by atoms with Crippen molar-refractivity contribution >= 4 is 23.1 Å². The molecule has 2 rings (SSSR count). The maximum atomic E-state index is 12.1. The molecular formula is C14H18N4OS. The summed E-state index contributed by atoms with van der Waals surface area (Å²) in [5.41, 5.74) is 7.06. The van der Waals surface area contributed by atoms with Crippen LogP contribution in [-0.4, -0.2) is 15.9 Å². The van der Waals surface area contributed by atoms with Gasteiger partial charge in [-0.25, -0.2) is 9.97 Å². The number of nitrogens with zero attached hydrogens (tertiary/aromatic N) is 2. The number of nitrogen functional groups attached to an aromatic ring is 1. The van der Waals surface area contributed by atoms with Gasteiger partial charge in [-0.05, 0) is 25.0 Å². The first kappa shape index (κ1) is 14.5. The van der Waals surface area contributed by atoms with E-state index in [2.05, 4.69) is 22.2 Å². The highest BCUT2D eigenvalue weighted by Crippen LogP contribution is 2.13. The normalized spacial score (nSPS) is 10.5. The largest absolute Gasteiger partial charge is 0.384 e. The summed E-state index contributed by atoms with van der Waals surface area (Å²) in [6.07, 6.45) is 3.57. The maximum Gasteiger partial charge on any atom is 0.251 e. The Bertz CT molecular complexity index is 609. The zero-order valence-electron chi connectivity index (χ0n) is 11.6. The van der Waals surface area contributed by atoms with E-state index in [4.69, 9.17) is 5.73 Å². The number of carbonyl (C=O) groups excluding carboxylic acids is 1. The van der Waals surface area contributed by atoms with Crippen molar-refractivity contribution in [2.24, 2.45) is 0 Å². The number of aromatic nitrogens is 2. The van der Waals surface area contributed by atoms with Crippen molar-refractivity contribution in [3.8, 4) is 0 Å². The Kier molecular flexibility index (Phi) is 4.68. The molecule has 0 unspecified atom stereocenters. The fourth-order valence-corrected chi connectivity index (χ4v) is 2.58. The molecule has 106 valence electrons. The van der Waals surface area contributed by atoms with E-state index in [9.17, 15) is 4.79 Å². The molecule has 0 aliphatic rings. The minimum atomic E-state index is -0.151. The molecule has 2 aromatic heterocycles. The van der Waals surface area contributed by atoms with E-state index >= 15 is 0 Å². The van der Waals surface area contributed by atoms with Gasteiger partial charge in [-0.3, -0.25) is 4.79 Å². The van der Waals surface area contributed by atoms with Gasteiger partial charge in [0.25, 0.3) is 5.91 Å². The van der Waals surface area contributed by atoms with E-state index in [1.165, 1.54) is 4.88 Å². The van der Waals surface area contributed by atoms with Crippen molar-refractivity contribution in [2.45, 2.75) is 33.2 Å². The highest BCUT2D eigenvalue weighted by molar-refractivity contribution is 7.11. The lowest BCUT2D eigenvalue weighted by Gasteiger charge is -2.06. The van der Waals surface area contributed by atoms with Crippen LogP contribution in [0, 0.1) is 0 Å². The van der Waals surface area contributed by atoms with E-state index in [-0.39, 0.29) is 5.91 Å². The highest BCUT2D eigenvalue weighted by atomic mass is 32.1. The lowest BCUT2D eigenvalue weighted by Crippen LogP contribution is -2.23. The molecule has 2 aromatic rings. The Balaban J connectivity index is 2.02. The lowest BCUT2D eigenvalue weighted by molar-refractivity contribution is 0.0950. The Hall–Kier alpha value is -1.95. The van der Waals surface area contributed by atoms with Crippen LogP contribution in [0.25, 0.3) is 0 Å². The van der Waals surface area contributed by atoms with Crippen LogP contribution in [0.15, 0.2) is 18.3 Å². The van der Waals surface area contributed by atoms with Gasteiger partial charge in [-0.15, -0.1) is 11.3 Å². The van der Waals surface area contributed by atoms with Gasteiger partial charge >= 0.3 is 0 Å². The summed E-state index contributed by atoms with van der Waals surface area (Å²) in [7, 11) is 0. The average Bonchev–Trinajstić information content (AvgIpc) is 2.92. The number of hydrogen-bond acceptors (Lipinski definition) is 5. The van der Waals surface area contributed by atoms with Crippen LogP contribution < -0.4 is 11.1 Å². The number of amides is 1. The molecule has 0 saturated heterocycles. The molecular weight excluding hydrogens is 272 g/mol. The number of carbonyl (C=O) groups is 1. The molecule has 0 saturated carbocycles. The second-order valence-corrected chi connectivity index (χ2v) is 5.58. The predicted octanol–water partition coefficient (Wildman–Crippen LogP) is 2.18. The number of nitrogens with one attached hydrogen (secondary N) is 1. The average molecular weight is 290 g/mol. The van der Waals surface area contributed by atoms with Gasteiger partial charge in [0.05, 0.1) is 6.54 Å².